The second-order valence-corrected chi connectivity index (χ2v) is 5.96. The highest BCUT2D eigenvalue weighted by Crippen LogP contribution is 2.22. The van der Waals surface area contributed by atoms with Crippen LogP contribution in [-0.4, -0.2) is 39.1 Å². The van der Waals surface area contributed by atoms with Crippen molar-refractivity contribution < 1.29 is 5.11 Å². The van der Waals surface area contributed by atoms with E-state index in [4.69, 9.17) is 11.6 Å². The molecule has 0 radical (unpaired) electrons. The molecule has 5 heteroatoms. The Morgan fingerprint density at radius 2 is 2.15 bits per heavy atom. The van der Waals surface area contributed by atoms with Gasteiger partial charge in [-0.3, -0.25) is 0 Å². The van der Waals surface area contributed by atoms with Crippen LogP contribution in [0.3, 0.4) is 0 Å². The Morgan fingerprint density at radius 1 is 1.45 bits per heavy atom. The number of aliphatic hydroxyl groups is 1. The van der Waals surface area contributed by atoms with Crippen molar-refractivity contribution in [2.75, 3.05) is 13.6 Å². The summed E-state index contributed by atoms with van der Waals surface area (Å²) in [5.41, 5.74) is 4.09. The molecule has 2 heterocycles. The molecule has 1 unspecified atom stereocenters. The smallest absolute Gasteiger partial charge is 0.156 e. The first-order valence-corrected chi connectivity index (χ1v) is 7.26. The number of aliphatic hydroxyl groups excluding tert-OH is 1. The van der Waals surface area contributed by atoms with Crippen LogP contribution in [-0.2, 0) is 6.54 Å². The average molecular weight is 296 g/mol. The molecule has 20 heavy (non-hydrogen) atoms. The molecular formula is C15H22ClN3O. The van der Waals surface area contributed by atoms with E-state index < -0.39 is 0 Å². The second kappa shape index (κ2) is 6.12. The normalized spacial score (nSPS) is 13.3. The average Bonchev–Trinajstić information content (AvgIpc) is 2.65. The van der Waals surface area contributed by atoms with Gasteiger partial charge in [0.05, 0.1) is 16.8 Å². The van der Waals surface area contributed by atoms with Gasteiger partial charge in [-0.15, -0.1) is 0 Å². The fourth-order valence-corrected chi connectivity index (χ4v) is 2.54. The Hall–Kier alpha value is -1.10. The van der Waals surface area contributed by atoms with Gasteiger partial charge in [0.25, 0.3) is 0 Å². The van der Waals surface area contributed by atoms with Gasteiger partial charge >= 0.3 is 0 Å². The predicted molar refractivity (Wildman–Crippen MR) is 82.3 cm³/mol. The van der Waals surface area contributed by atoms with Gasteiger partial charge in [-0.1, -0.05) is 11.6 Å². The Kier molecular flexibility index (Phi) is 4.68. The molecule has 0 saturated carbocycles. The highest BCUT2D eigenvalue weighted by atomic mass is 35.5. The van der Waals surface area contributed by atoms with Crippen molar-refractivity contribution in [2.45, 2.75) is 39.8 Å². The number of nitrogens with zero attached hydrogens (tertiary/aromatic N) is 3. The number of halogens is 1. The molecular weight excluding hydrogens is 274 g/mol. The summed E-state index contributed by atoms with van der Waals surface area (Å²) in [5.74, 6) is 0. The van der Waals surface area contributed by atoms with Crippen molar-refractivity contribution in [3.8, 4) is 0 Å². The van der Waals surface area contributed by atoms with Gasteiger partial charge in [-0.2, -0.15) is 0 Å². The predicted octanol–water partition coefficient (Wildman–Crippen LogP) is 2.81. The second-order valence-electron chi connectivity index (χ2n) is 5.55. The van der Waals surface area contributed by atoms with Gasteiger partial charge in [0.2, 0.25) is 0 Å². The lowest BCUT2D eigenvalue weighted by Gasteiger charge is -2.18. The van der Waals surface area contributed by atoms with E-state index >= 15 is 0 Å². The Morgan fingerprint density at radius 3 is 2.80 bits per heavy atom. The molecule has 2 aromatic rings. The highest BCUT2D eigenvalue weighted by Gasteiger charge is 2.10. The topological polar surface area (TPSA) is 40.8 Å². The molecule has 0 amide bonds. The molecule has 4 nitrogen and oxygen atoms in total. The third kappa shape index (κ3) is 3.32. The standard InChI is InChI=1S/C15H22ClN3O/c1-10(20)5-6-18(4)8-13-7-14(16)15-17-11(2)12(3)19(15)9-13/h7,9-10,20H,5-6,8H2,1-4H3. The summed E-state index contributed by atoms with van der Waals surface area (Å²) >= 11 is 6.32. The van der Waals surface area contributed by atoms with Gasteiger partial charge in [0.1, 0.15) is 0 Å². The lowest BCUT2D eigenvalue weighted by atomic mass is 10.2. The minimum absolute atomic E-state index is 0.262. The summed E-state index contributed by atoms with van der Waals surface area (Å²) in [5, 5.41) is 10.0. The summed E-state index contributed by atoms with van der Waals surface area (Å²) in [6, 6.07) is 1.97. The first kappa shape index (κ1) is 15.3. The first-order valence-electron chi connectivity index (χ1n) is 6.88. The number of pyridine rings is 1. The van der Waals surface area contributed by atoms with Crippen molar-refractivity contribution >= 4 is 17.2 Å². The van der Waals surface area contributed by atoms with E-state index in [1.807, 2.05) is 33.9 Å². The van der Waals surface area contributed by atoms with Crippen LogP contribution >= 0.6 is 11.6 Å². The van der Waals surface area contributed by atoms with Crippen LogP contribution < -0.4 is 0 Å². The zero-order valence-corrected chi connectivity index (χ0v) is 13.3. The summed E-state index contributed by atoms with van der Waals surface area (Å²) in [6.45, 7) is 7.52. The lowest BCUT2D eigenvalue weighted by Crippen LogP contribution is -2.22. The van der Waals surface area contributed by atoms with Gasteiger partial charge in [0, 0.05) is 25.0 Å². The van der Waals surface area contributed by atoms with E-state index in [0.29, 0.717) is 5.02 Å². The van der Waals surface area contributed by atoms with Crippen LogP contribution in [0, 0.1) is 13.8 Å². The van der Waals surface area contributed by atoms with Crippen molar-refractivity contribution in [3.63, 3.8) is 0 Å². The number of aromatic nitrogens is 2. The van der Waals surface area contributed by atoms with Crippen molar-refractivity contribution in [2.24, 2.45) is 0 Å². The minimum Gasteiger partial charge on any atom is -0.393 e. The highest BCUT2D eigenvalue weighted by molar-refractivity contribution is 6.33. The molecule has 1 N–H and O–H groups in total. The summed E-state index contributed by atoms with van der Waals surface area (Å²) < 4.78 is 2.05. The van der Waals surface area contributed by atoms with Crippen LogP contribution in [0.1, 0.15) is 30.3 Å². The molecule has 0 aliphatic rings. The molecule has 1 atom stereocenters. The number of hydrogen-bond donors (Lipinski definition) is 1. The minimum atomic E-state index is -0.262. The van der Waals surface area contributed by atoms with Crippen molar-refractivity contribution in [3.05, 3.63) is 34.2 Å². The third-order valence-electron chi connectivity index (χ3n) is 3.59. The Balaban J connectivity index is 2.20. The molecule has 0 bridgehead atoms. The van der Waals surface area contributed by atoms with E-state index in [1.54, 1.807) is 0 Å². The van der Waals surface area contributed by atoms with E-state index in [1.165, 1.54) is 0 Å². The maximum Gasteiger partial charge on any atom is 0.156 e. The van der Waals surface area contributed by atoms with Crippen molar-refractivity contribution in [1.29, 1.82) is 0 Å². The van der Waals surface area contributed by atoms with E-state index in [0.717, 1.165) is 42.1 Å². The number of hydrogen-bond acceptors (Lipinski definition) is 3. The third-order valence-corrected chi connectivity index (χ3v) is 3.87. The lowest BCUT2D eigenvalue weighted by molar-refractivity contribution is 0.163. The van der Waals surface area contributed by atoms with Gasteiger partial charge in [-0.25, -0.2) is 4.98 Å². The summed E-state index contributed by atoms with van der Waals surface area (Å²) in [7, 11) is 2.05. The molecule has 0 saturated heterocycles. The fraction of sp³-hybridized carbons (Fsp3) is 0.533. The Bertz CT molecular complexity index is 607. The fourth-order valence-electron chi connectivity index (χ4n) is 2.27. The first-order chi connectivity index (χ1) is 9.38. The monoisotopic (exact) mass is 295 g/mol. The maximum atomic E-state index is 9.33. The van der Waals surface area contributed by atoms with Crippen LogP contribution in [0.4, 0.5) is 0 Å². The van der Waals surface area contributed by atoms with Crippen LogP contribution in [0.25, 0.3) is 5.65 Å². The molecule has 0 aromatic carbocycles. The van der Waals surface area contributed by atoms with E-state index in [2.05, 4.69) is 20.5 Å². The van der Waals surface area contributed by atoms with Gasteiger partial charge < -0.3 is 14.4 Å². The van der Waals surface area contributed by atoms with E-state index in [9.17, 15) is 5.11 Å². The van der Waals surface area contributed by atoms with Gasteiger partial charge in [-0.05, 0) is 45.9 Å². The number of imidazole rings is 1. The molecule has 2 aromatic heterocycles. The molecule has 0 fully saturated rings. The zero-order chi connectivity index (χ0) is 14.9. The van der Waals surface area contributed by atoms with Crippen molar-refractivity contribution in [1.82, 2.24) is 14.3 Å². The summed E-state index contributed by atoms with van der Waals surface area (Å²) in [4.78, 5) is 6.66. The number of aryl methyl sites for hydroxylation is 2. The van der Waals surface area contributed by atoms with E-state index in [-0.39, 0.29) is 6.10 Å². The van der Waals surface area contributed by atoms with Crippen LogP contribution in [0.5, 0.6) is 0 Å². The molecule has 0 aliphatic heterocycles. The molecule has 110 valence electrons. The SMILES string of the molecule is Cc1nc2c(Cl)cc(CN(C)CCC(C)O)cn2c1C. The molecule has 2 rings (SSSR count). The quantitative estimate of drug-likeness (QED) is 0.922. The van der Waals surface area contributed by atoms with Gasteiger partial charge in [0.15, 0.2) is 5.65 Å². The summed E-state index contributed by atoms with van der Waals surface area (Å²) in [6.07, 6.45) is 2.60. The largest absolute Gasteiger partial charge is 0.393 e. The van der Waals surface area contributed by atoms with Crippen LogP contribution in [0.15, 0.2) is 12.3 Å². The molecule has 0 aliphatic carbocycles. The maximum absolute atomic E-state index is 9.33. The zero-order valence-electron chi connectivity index (χ0n) is 12.5. The Labute approximate surface area is 125 Å². The molecule has 0 spiro atoms. The number of rotatable bonds is 5. The van der Waals surface area contributed by atoms with Crippen LogP contribution in [0.2, 0.25) is 5.02 Å². The number of fused-ring (bicyclic) bond motifs is 1.